The van der Waals surface area contributed by atoms with Crippen LogP contribution in [-0.4, -0.2) is 56.8 Å². The predicted molar refractivity (Wildman–Crippen MR) is 85.7 cm³/mol. The molecule has 0 radical (unpaired) electrons. The number of carbonyl (C=O) groups excluding carboxylic acids is 1. The summed E-state index contributed by atoms with van der Waals surface area (Å²) in [4.78, 5) is 36.5. The fraction of sp³-hybridized carbons (Fsp3) is 0.625. The highest BCUT2D eigenvalue weighted by atomic mass is 16.4. The molecule has 2 aliphatic rings. The van der Waals surface area contributed by atoms with Gasteiger partial charge >= 0.3 is 5.97 Å². The Morgan fingerprint density at radius 1 is 1.38 bits per heavy atom. The SMILES string of the molecule is Cn1nc(C(=O)NC2CC(N(CC(=O)O)CC3CC3)C2)ccc1=O. The summed E-state index contributed by atoms with van der Waals surface area (Å²) in [6, 6.07) is 2.96. The third kappa shape index (κ3) is 4.00. The van der Waals surface area contributed by atoms with Crippen LogP contribution in [0, 0.1) is 5.92 Å². The molecule has 2 saturated carbocycles. The van der Waals surface area contributed by atoms with Gasteiger partial charge in [-0.15, -0.1) is 0 Å². The lowest BCUT2D eigenvalue weighted by Crippen LogP contribution is -2.55. The van der Waals surface area contributed by atoms with Crippen molar-refractivity contribution in [2.75, 3.05) is 13.1 Å². The summed E-state index contributed by atoms with van der Waals surface area (Å²) in [6.07, 6.45) is 3.86. The summed E-state index contributed by atoms with van der Waals surface area (Å²) < 4.78 is 1.13. The van der Waals surface area contributed by atoms with E-state index in [1.807, 2.05) is 4.90 Å². The molecule has 3 rings (SSSR count). The van der Waals surface area contributed by atoms with E-state index in [1.54, 1.807) is 0 Å². The minimum absolute atomic E-state index is 0.0250. The average Bonchev–Trinajstić information content (AvgIpc) is 3.28. The third-order valence-electron chi connectivity index (χ3n) is 4.69. The second kappa shape index (κ2) is 6.72. The number of hydrogen-bond acceptors (Lipinski definition) is 5. The number of aromatic nitrogens is 2. The summed E-state index contributed by atoms with van der Waals surface area (Å²) in [5.41, 5.74) is -0.0550. The fourth-order valence-electron chi connectivity index (χ4n) is 3.04. The van der Waals surface area contributed by atoms with Gasteiger partial charge < -0.3 is 10.4 Å². The van der Waals surface area contributed by atoms with Crippen LogP contribution in [0.2, 0.25) is 0 Å². The molecule has 1 heterocycles. The summed E-state index contributed by atoms with van der Waals surface area (Å²) >= 11 is 0. The van der Waals surface area contributed by atoms with Crippen molar-refractivity contribution in [2.24, 2.45) is 13.0 Å². The van der Waals surface area contributed by atoms with E-state index in [0.717, 1.165) is 24.1 Å². The van der Waals surface area contributed by atoms with E-state index < -0.39 is 5.97 Å². The Morgan fingerprint density at radius 2 is 2.08 bits per heavy atom. The number of carbonyl (C=O) groups is 2. The summed E-state index contributed by atoms with van der Waals surface area (Å²) in [7, 11) is 1.50. The Labute approximate surface area is 139 Å². The van der Waals surface area contributed by atoms with Crippen LogP contribution in [0.1, 0.15) is 36.2 Å². The van der Waals surface area contributed by atoms with Crippen molar-refractivity contribution in [3.05, 3.63) is 28.2 Å². The maximum Gasteiger partial charge on any atom is 0.317 e. The van der Waals surface area contributed by atoms with Crippen LogP contribution in [0.3, 0.4) is 0 Å². The molecule has 0 spiro atoms. The Bertz CT molecular complexity index is 692. The van der Waals surface area contributed by atoms with Crippen molar-refractivity contribution < 1.29 is 14.7 Å². The number of nitrogens with one attached hydrogen (secondary N) is 1. The van der Waals surface area contributed by atoms with Gasteiger partial charge in [0.15, 0.2) is 0 Å². The second-order valence-electron chi connectivity index (χ2n) is 6.74. The quantitative estimate of drug-likeness (QED) is 0.718. The van der Waals surface area contributed by atoms with E-state index in [2.05, 4.69) is 10.4 Å². The molecule has 0 saturated heterocycles. The number of amides is 1. The maximum atomic E-state index is 12.2. The Hall–Kier alpha value is -2.22. The lowest BCUT2D eigenvalue weighted by Gasteiger charge is -2.42. The topological polar surface area (TPSA) is 105 Å². The van der Waals surface area contributed by atoms with Crippen molar-refractivity contribution in [1.29, 1.82) is 0 Å². The summed E-state index contributed by atoms with van der Waals surface area (Å²) in [5, 5.41) is 15.9. The molecular formula is C16H22N4O4. The van der Waals surface area contributed by atoms with Crippen molar-refractivity contribution in [1.82, 2.24) is 20.0 Å². The van der Waals surface area contributed by atoms with E-state index in [-0.39, 0.29) is 35.8 Å². The van der Waals surface area contributed by atoms with Gasteiger partial charge in [0.25, 0.3) is 11.5 Å². The number of nitrogens with zero attached hydrogens (tertiary/aromatic N) is 3. The standard InChI is InChI=1S/C16H22N4O4/c1-19-14(21)5-4-13(18-19)16(24)17-11-6-12(7-11)20(9-15(22)23)8-10-2-3-10/h4-5,10-12H,2-3,6-9H2,1H3,(H,17,24)(H,22,23). The number of carboxylic acids is 1. The molecule has 0 aliphatic heterocycles. The highest BCUT2D eigenvalue weighted by molar-refractivity contribution is 5.92. The zero-order valence-electron chi connectivity index (χ0n) is 13.6. The third-order valence-corrected chi connectivity index (χ3v) is 4.69. The molecule has 130 valence electrons. The van der Waals surface area contributed by atoms with Crippen LogP contribution in [0.4, 0.5) is 0 Å². The van der Waals surface area contributed by atoms with E-state index in [1.165, 1.54) is 32.0 Å². The molecule has 8 heteroatoms. The number of aryl methyl sites for hydroxylation is 1. The normalized spacial score (nSPS) is 22.9. The fourth-order valence-corrected chi connectivity index (χ4v) is 3.04. The molecule has 1 aromatic heterocycles. The van der Waals surface area contributed by atoms with E-state index in [9.17, 15) is 14.4 Å². The molecular weight excluding hydrogens is 312 g/mol. The van der Waals surface area contributed by atoms with Gasteiger partial charge in [0.2, 0.25) is 0 Å². The van der Waals surface area contributed by atoms with Gasteiger partial charge in [0.05, 0.1) is 6.54 Å². The van der Waals surface area contributed by atoms with Gasteiger partial charge in [-0.2, -0.15) is 5.10 Å². The molecule has 2 N–H and O–H groups in total. The van der Waals surface area contributed by atoms with Gasteiger partial charge in [0.1, 0.15) is 5.69 Å². The van der Waals surface area contributed by atoms with Gasteiger partial charge in [0, 0.05) is 31.7 Å². The van der Waals surface area contributed by atoms with Gasteiger partial charge in [-0.25, -0.2) is 4.68 Å². The molecule has 1 aromatic rings. The highest BCUT2D eigenvalue weighted by Gasteiger charge is 2.37. The predicted octanol–water partition coefficient (Wildman–Crippen LogP) is -0.162. The van der Waals surface area contributed by atoms with Crippen molar-refractivity contribution in [3.63, 3.8) is 0 Å². The molecule has 2 fully saturated rings. The average molecular weight is 334 g/mol. The first-order chi connectivity index (χ1) is 11.4. The number of carboxylic acid groups (broad SMARTS) is 1. The molecule has 0 unspecified atom stereocenters. The molecule has 0 atom stereocenters. The van der Waals surface area contributed by atoms with E-state index in [4.69, 9.17) is 5.11 Å². The van der Waals surface area contributed by atoms with Gasteiger partial charge in [-0.1, -0.05) is 0 Å². The van der Waals surface area contributed by atoms with E-state index in [0.29, 0.717) is 5.92 Å². The molecule has 0 bridgehead atoms. The van der Waals surface area contributed by atoms with Crippen LogP contribution in [0.25, 0.3) is 0 Å². The van der Waals surface area contributed by atoms with Crippen molar-refractivity contribution in [3.8, 4) is 0 Å². The van der Waals surface area contributed by atoms with Crippen LogP contribution in [0.15, 0.2) is 16.9 Å². The number of aliphatic carboxylic acids is 1. The molecule has 0 aromatic carbocycles. The van der Waals surface area contributed by atoms with Crippen molar-refractivity contribution in [2.45, 2.75) is 37.8 Å². The summed E-state index contributed by atoms with van der Waals surface area (Å²) in [6.45, 7) is 0.893. The largest absolute Gasteiger partial charge is 0.480 e. The van der Waals surface area contributed by atoms with Crippen LogP contribution < -0.4 is 10.9 Å². The molecule has 1 amide bonds. The highest BCUT2D eigenvalue weighted by Crippen LogP contribution is 2.33. The molecule has 24 heavy (non-hydrogen) atoms. The lowest BCUT2D eigenvalue weighted by molar-refractivity contribution is -0.139. The minimum Gasteiger partial charge on any atom is -0.480 e. The minimum atomic E-state index is -0.808. The number of rotatable bonds is 7. The van der Waals surface area contributed by atoms with E-state index >= 15 is 0 Å². The Morgan fingerprint density at radius 3 is 2.67 bits per heavy atom. The van der Waals surface area contributed by atoms with Gasteiger partial charge in [-0.3, -0.25) is 19.3 Å². The van der Waals surface area contributed by atoms with Crippen LogP contribution in [0.5, 0.6) is 0 Å². The zero-order valence-corrected chi connectivity index (χ0v) is 13.6. The summed E-state index contributed by atoms with van der Waals surface area (Å²) in [5.74, 6) is -0.480. The lowest BCUT2D eigenvalue weighted by atomic mass is 9.85. The first-order valence-corrected chi connectivity index (χ1v) is 8.23. The van der Waals surface area contributed by atoms with Crippen LogP contribution >= 0.6 is 0 Å². The Kier molecular flexibility index (Phi) is 4.66. The first-order valence-electron chi connectivity index (χ1n) is 8.23. The Balaban J connectivity index is 1.51. The molecule has 8 nitrogen and oxygen atoms in total. The second-order valence-corrected chi connectivity index (χ2v) is 6.74. The first kappa shape index (κ1) is 16.6. The van der Waals surface area contributed by atoms with Crippen molar-refractivity contribution >= 4 is 11.9 Å². The van der Waals surface area contributed by atoms with Crippen LogP contribution in [-0.2, 0) is 11.8 Å². The maximum absolute atomic E-state index is 12.2. The molecule has 2 aliphatic carbocycles. The zero-order chi connectivity index (χ0) is 17.3. The smallest absolute Gasteiger partial charge is 0.317 e. The monoisotopic (exact) mass is 334 g/mol. The van der Waals surface area contributed by atoms with Gasteiger partial charge in [-0.05, 0) is 37.7 Å². The number of hydrogen-bond donors (Lipinski definition) is 2.